The first-order chi connectivity index (χ1) is 7.40. The van der Waals surface area contributed by atoms with Crippen LogP contribution in [0.25, 0.3) is 0 Å². The minimum Gasteiger partial charge on any atom is -0.395 e. The van der Waals surface area contributed by atoms with Crippen molar-refractivity contribution in [3.05, 3.63) is 35.9 Å². The Balaban J connectivity index is 1.90. The molecule has 2 rings (SSSR count). The Labute approximate surface area is 89.9 Å². The summed E-state index contributed by atoms with van der Waals surface area (Å²) in [6, 6.07) is 10.5. The van der Waals surface area contributed by atoms with E-state index in [9.17, 15) is 0 Å². The van der Waals surface area contributed by atoms with Gasteiger partial charge >= 0.3 is 0 Å². The Morgan fingerprint density at radius 2 is 2.13 bits per heavy atom. The first-order valence-corrected chi connectivity index (χ1v) is 5.33. The van der Waals surface area contributed by atoms with E-state index in [1.807, 2.05) is 6.07 Å². The maximum absolute atomic E-state index is 8.69. The van der Waals surface area contributed by atoms with E-state index in [0.717, 1.165) is 18.8 Å². The molecule has 3 nitrogen and oxygen atoms in total. The molecule has 0 saturated carbocycles. The number of amidine groups is 1. The zero-order chi connectivity index (χ0) is 10.5. The third kappa shape index (κ3) is 2.57. The van der Waals surface area contributed by atoms with Gasteiger partial charge in [-0.3, -0.25) is 4.99 Å². The third-order valence-corrected chi connectivity index (χ3v) is 2.65. The van der Waals surface area contributed by atoms with Gasteiger partial charge in [-0.15, -0.1) is 0 Å². The normalized spacial score (nSPS) is 20.1. The second-order valence-electron chi connectivity index (χ2n) is 3.75. The SMILES string of the molecule is OCCNC1=NCC(c2ccccc2)C1. The molecule has 0 aromatic heterocycles. The van der Waals surface area contributed by atoms with Crippen molar-refractivity contribution in [2.24, 2.45) is 4.99 Å². The van der Waals surface area contributed by atoms with Gasteiger partial charge in [0.25, 0.3) is 0 Å². The number of hydrogen-bond acceptors (Lipinski definition) is 3. The van der Waals surface area contributed by atoms with Gasteiger partial charge in [0.2, 0.25) is 0 Å². The van der Waals surface area contributed by atoms with E-state index in [0.29, 0.717) is 12.5 Å². The van der Waals surface area contributed by atoms with Crippen LogP contribution in [0.5, 0.6) is 0 Å². The fourth-order valence-corrected chi connectivity index (χ4v) is 1.86. The second kappa shape index (κ2) is 4.94. The summed E-state index contributed by atoms with van der Waals surface area (Å²) < 4.78 is 0. The van der Waals surface area contributed by atoms with Crippen molar-refractivity contribution >= 4 is 5.84 Å². The smallest absolute Gasteiger partial charge is 0.0970 e. The summed E-state index contributed by atoms with van der Waals surface area (Å²) in [5, 5.41) is 11.8. The number of aliphatic hydroxyl groups is 1. The summed E-state index contributed by atoms with van der Waals surface area (Å²) in [4.78, 5) is 4.43. The molecule has 80 valence electrons. The number of benzene rings is 1. The maximum atomic E-state index is 8.69. The molecule has 1 aromatic rings. The molecule has 0 bridgehead atoms. The van der Waals surface area contributed by atoms with Crippen molar-refractivity contribution < 1.29 is 5.11 Å². The zero-order valence-corrected chi connectivity index (χ0v) is 8.69. The van der Waals surface area contributed by atoms with Gasteiger partial charge in [0, 0.05) is 25.4 Å². The highest BCUT2D eigenvalue weighted by Gasteiger charge is 2.19. The van der Waals surface area contributed by atoms with Gasteiger partial charge < -0.3 is 10.4 Å². The van der Waals surface area contributed by atoms with Crippen LogP contribution in [0.4, 0.5) is 0 Å². The molecule has 15 heavy (non-hydrogen) atoms. The van der Waals surface area contributed by atoms with Gasteiger partial charge in [-0.1, -0.05) is 30.3 Å². The van der Waals surface area contributed by atoms with Gasteiger partial charge in [-0.2, -0.15) is 0 Å². The van der Waals surface area contributed by atoms with Gasteiger partial charge in [0.05, 0.1) is 12.4 Å². The molecule has 0 radical (unpaired) electrons. The van der Waals surface area contributed by atoms with Crippen molar-refractivity contribution in [1.82, 2.24) is 5.32 Å². The molecule has 1 atom stereocenters. The number of nitrogens with one attached hydrogen (secondary N) is 1. The van der Waals surface area contributed by atoms with E-state index in [-0.39, 0.29) is 6.61 Å². The third-order valence-electron chi connectivity index (χ3n) is 2.65. The molecule has 1 aromatic carbocycles. The lowest BCUT2D eigenvalue weighted by Gasteiger charge is -2.09. The van der Waals surface area contributed by atoms with Crippen LogP contribution in [0.3, 0.4) is 0 Å². The van der Waals surface area contributed by atoms with E-state index in [4.69, 9.17) is 5.11 Å². The van der Waals surface area contributed by atoms with Gasteiger partial charge in [-0.05, 0) is 5.56 Å². The van der Waals surface area contributed by atoms with Gasteiger partial charge in [-0.25, -0.2) is 0 Å². The standard InChI is InChI=1S/C12H16N2O/c15-7-6-13-12-8-11(9-14-12)10-4-2-1-3-5-10/h1-5,11,15H,6-9H2,(H,13,14). The van der Waals surface area contributed by atoms with Crippen LogP contribution in [0.1, 0.15) is 17.9 Å². The summed E-state index contributed by atoms with van der Waals surface area (Å²) in [7, 11) is 0. The molecule has 0 spiro atoms. The van der Waals surface area contributed by atoms with Crippen LogP contribution < -0.4 is 5.32 Å². The average molecular weight is 204 g/mol. The Morgan fingerprint density at radius 1 is 1.33 bits per heavy atom. The average Bonchev–Trinajstić information content (AvgIpc) is 2.76. The molecule has 0 saturated heterocycles. The van der Waals surface area contributed by atoms with E-state index in [1.165, 1.54) is 5.56 Å². The summed E-state index contributed by atoms with van der Waals surface area (Å²) in [5.74, 6) is 1.53. The van der Waals surface area contributed by atoms with Crippen LogP contribution in [0.15, 0.2) is 35.3 Å². The Morgan fingerprint density at radius 3 is 2.87 bits per heavy atom. The van der Waals surface area contributed by atoms with Gasteiger partial charge in [0.1, 0.15) is 0 Å². The quantitative estimate of drug-likeness (QED) is 0.776. The van der Waals surface area contributed by atoms with E-state index < -0.39 is 0 Å². The number of rotatable bonds is 3. The molecule has 1 aliphatic rings. The lowest BCUT2D eigenvalue weighted by molar-refractivity contribution is 0.300. The fraction of sp³-hybridized carbons (Fsp3) is 0.417. The van der Waals surface area contributed by atoms with Crippen LogP contribution in [-0.4, -0.2) is 30.6 Å². The topological polar surface area (TPSA) is 44.6 Å². The Kier molecular flexibility index (Phi) is 3.35. The minimum atomic E-state index is 0.162. The molecular weight excluding hydrogens is 188 g/mol. The summed E-state index contributed by atoms with van der Waals surface area (Å²) in [6.45, 7) is 1.62. The van der Waals surface area contributed by atoms with Crippen molar-refractivity contribution in [1.29, 1.82) is 0 Å². The Bertz CT molecular complexity index is 335. The highest BCUT2D eigenvalue weighted by molar-refractivity contribution is 5.84. The van der Waals surface area contributed by atoms with Crippen molar-refractivity contribution in [3.63, 3.8) is 0 Å². The fourth-order valence-electron chi connectivity index (χ4n) is 1.86. The molecule has 2 N–H and O–H groups in total. The molecule has 1 aliphatic heterocycles. The molecule has 0 amide bonds. The minimum absolute atomic E-state index is 0.162. The first-order valence-electron chi connectivity index (χ1n) is 5.33. The number of aliphatic hydroxyl groups excluding tert-OH is 1. The van der Waals surface area contributed by atoms with E-state index >= 15 is 0 Å². The summed E-state index contributed by atoms with van der Waals surface area (Å²) >= 11 is 0. The lowest BCUT2D eigenvalue weighted by Crippen LogP contribution is -2.25. The second-order valence-corrected chi connectivity index (χ2v) is 3.75. The monoisotopic (exact) mass is 204 g/mol. The summed E-state index contributed by atoms with van der Waals surface area (Å²) in [5.41, 5.74) is 1.35. The predicted molar refractivity (Wildman–Crippen MR) is 61.2 cm³/mol. The zero-order valence-electron chi connectivity index (χ0n) is 8.69. The number of hydrogen-bond donors (Lipinski definition) is 2. The summed E-state index contributed by atoms with van der Waals surface area (Å²) in [6.07, 6.45) is 0.962. The Hall–Kier alpha value is -1.35. The van der Waals surface area contributed by atoms with Crippen LogP contribution in [0.2, 0.25) is 0 Å². The number of aliphatic imine (C=N–C) groups is 1. The van der Waals surface area contributed by atoms with E-state index in [2.05, 4.69) is 34.6 Å². The molecule has 0 aliphatic carbocycles. The first kappa shape index (κ1) is 10.2. The molecule has 3 heteroatoms. The number of nitrogens with zero attached hydrogens (tertiary/aromatic N) is 1. The largest absolute Gasteiger partial charge is 0.395 e. The predicted octanol–water partition coefficient (Wildman–Crippen LogP) is 1.15. The van der Waals surface area contributed by atoms with Crippen LogP contribution in [0, 0.1) is 0 Å². The van der Waals surface area contributed by atoms with Crippen molar-refractivity contribution in [2.75, 3.05) is 19.7 Å². The van der Waals surface area contributed by atoms with Crippen molar-refractivity contribution in [3.8, 4) is 0 Å². The molecule has 1 unspecified atom stereocenters. The van der Waals surface area contributed by atoms with Crippen LogP contribution in [-0.2, 0) is 0 Å². The molecule has 0 fully saturated rings. The lowest BCUT2D eigenvalue weighted by atomic mass is 9.98. The highest BCUT2D eigenvalue weighted by Crippen LogP contribution is 2.24. The van der Waals surface area contributed by atoms with E-state index in [1.54, 1.807) is 0 Å². The highest BCUT2D eigenvalue weighted by atomic mass is 16.3. The maximum Gasteiger partial charge on any atom is 0.0970 e. The molecular formula is C12H16N2O. The molecule has 1 heterocycles. The van der Waals surface area contributed by atoms with Crippen molar-refractivity contribution in [2.45, 2.75) is 12.3 Å². The van der Waals surface area contributed by atoms with Crippen LogP contribution >= 0.6 is 0 Å². The van der Waals surface area contributed by atoms with Gasteiger partial charge in [0.15, 0.2) is 0 Å².